The molecule has 0 aromatic heterocycles. The SMILES string of the molecule is Cc1cc(F)c(C#N)c(Oc2ccccc2)c1. The molecule has 2 nitrogen and oxygen atoms in total. The fourth-order valence-electron chi connectivity index (χ4n) is 1.51. The molecule has 0 spiro atoms. The van der Waals surface area contributed by atoms with E-state index in [0.717, 1.165) is 0 Å². The summed E-state index contributed by atoms with van der Waals surface area (Å²) in [5.74, 6) is 0.267. The molecule has 0 radical (unpaired) electrons. The topological polar surface area (TPSA) is 33.0 Å². The van der Waals surface area contributed by atoms with Crippen molar-refractivity contribution in [1.29, 1.82) is 5.26 Å². The summed E-state index contributed by atoms with van der Waals surface area (Å²) >= 11 is 0. The van der Waals surface area contributed by atoms with Crippen LogP contribution in [0.1, 0.15) is 11.1 Å². The van der Waals surface area contributed by atoms with Gasteiger partial charge in [-0.15, -0.1) is 0 Å². The Hall–Kier alpha value is -2.34. The molecule has 0 saturated heterocycles. The maximum Gasteiger partial charge on any atom is 0.148 e. The van der Waals surface area contributed by atoms with Gasteiger partial charge in [-0.3, -0.25) is 0 Å². The first-order valence-electron chi connectivity index (χ1n) is 5.14. The molecule has 2 rings (SSSR count). The van der Waals surface area contributed by atoms with E-state index in [1.807, 2.05) is 24.3 Å². The summed E-state index contributed by atoms with van der Waals surface area (Å²) in [4.78, 5) is 0. The van der Waals surface area contributed by atoms with Gasteiger partial charge in [-0.05, 0) is 36.8 Å². The van der Waals surface area contributed by atoms with Crippen LogP contribution in [-0.2, 0) is 0 Å². The number of ether oxygens (including phenoxy) is 1. The summed E-state index contributed by atoms with van der Waals surface area (Å²) in [7, 11) is 0. The van der Waals surface area contributed by atoms with Gasteiger partial charge < -0.3 is 4.74 Å². The number of nitrogens with zero attached hydrogens (tertiary/aromatic N) is 1. The number of benzene rings is 2. The van der Waals surface area contributed by atoms with Gasteiger partial charge in [0, 0.05) is 0 Å². The summed E-state index contributed by atoms with van der Waals surface area (Å²) in [6.45, 7) is 1.75. The summed E-state index contributed by atoms with van der Waals surface area (Å²) in [5, 5.41) is 8.90. The smallest absolute Gasteiger partial charge is 0.148 e. The monoisotopic (exact) mass is 227 g/mol. The molecule has 17 heavy (non-hydrogen) atoms. The summed E-state index contributed by atoms with van der Waals surface area (Å²) in [5.41, 5.74) is 0.645. The zero-order chi connectivity index (χ0) is 12.3. The lowest BCUT2D eigenvalue weighted by molar-refractivity contribution is 0.474. The van der Waals surface area contributed by atoms with Gasteiger partial charge in [0.15, 0.2) is 0 Å². The van der Waals surface area contributed by atoms with E-state index in [1.54, 1.807) is 25.1 Å². The zero-order valence-electron chi connectivity index (χ0n) is 9.27. The molecule has 2 aromatic carbocycles. The van der Waals surface area contributed by atoms with Crippen LogP contribution in [0.15, 0.2) is 42.5 Å². The highest BCUT2D eigenvalue weighted by Crippen LogP contribution is 2.27. The fourth-order valence-corrected chi connectivity index (χ4v) is 1.51. The van der Waals surface area contributed by atoms with Gasteiger partial charge in [-0.2, -0.15) is 5.26 Å². The van der Waals surface area contributed by atoms with Gasteiger partial charge in [0.25, 0.3) is 0 Å². The van der Waals surface area contributed by atoms with Gasteiger partial charge in [-0.1, -0.05) is 18.2 Å². The minimum Gasteiger partial charge on any atom is -0.456 e. The van der Waals surface area contributed by atoms with E-state index in [4.69, 9.17) is 10.00 Å². The molecule has 84 valence electrons. The van der Waals surface area contributed by atoms with Crippen LogP contribution >= 0.6 is 0 Å². The molecule has 2 aromatic rings. The highest BCUT2D eigenvalue weighted by Gasteiger charge is 2.11. The molecule has 0 N–H and O–H groups in total. The first-order chi connectivity index (χ1) is 8.20. The van der Waals surface area contributed by atoms with Crippen molar-refractivity contribution in [3.8, 4) is 17.6 Å². The Labute approximate surface area is 98.9 Å². The predicted molar refractivity (Wildman–Crippen MR) is 62.4 cm³/mol. The Morgan fingerprint density at radius 3 is 2.53 bits per heavy atom. The number of aryl methyl sites for hydroxylation is 1. The van der Waals surface area contributed by atoms with E-state index in [2.05, 4.69) is 0 Å². The maximum absolute atomic E-state index is 13.5. The second kappa shape index (κ2) is 4.67. The molecular weight excluding hydrogens is 217 g/mol. The summed E-state index contributed by atoms with van der Waals surface area (Å²) < 4.78 is 19.0. The third-order valence-electron chi connectivity index (χ3n) is 2.28. The lowest BCUT2D eigenvalue weighted by Crippen LogP contribution is -1.93. The number of hydrogen-bond acceptors (Lipinski definition) is 2. The molecule has 3 heteroatoms. The number of nitriles is 1. The molecule has 0 aliphatic carbocycles. The Morgan fingerprint density at radius 1 is 1.18 bits per heavy atom. The summed E-state index contributed by atoms with van der Waals surface area (Å²) in [6.07, 6.45) is 0. The van der Waals surface area contributed by atoms with Crippen molar-refractivity contribution in [3.63, 3.8) is 0 Å². The van der Waals surface area contributed by atoms with Crippen molar-refractivity contribution in [2.75, 3.05) is 0 Å². The van der Waals surface area contributed by atoms with Crippen molar-refractivity contribution >= 4 is 0 Å². The highest BCUT2D eigenvalue weighted by atomic mass is 19.1. The number of halogens is 1. The standard InChI is InChI=1S/C14H10FNO/c1-10-7-13(15)12(9-16)14(8-10)17-11-5-3-2-4-6-11/h2-8H,1H3. The van der Waals surface area contributed by atoms with E-state index in [0.29, 0.717) is 11.3 Å². The molecule has 0 aliphatic rings. The Morgan fingerprint density at radius 2 is 1.88 bits per heavy atom. The lowest BCUT2D eigenvalue weighted by atomic mass is 10.1. The Bertz CT molecular complexity index is 573. The quantitative estimate of drug-likeness (QED) is 0.781. The number of para-hydroxylation sites is 1. The van der Waals surface area contributed by atoms with Gasteiger partial charge in [0.1, 0.15) is 28.9 Å². The minimum absolute atomic E-state index is 0.0700. The molecule has 0 saturated carbocycles. The molecule has 0 unspecified atom stereocenters. The number of hydrogen-bond donors (Lipinski definition) is 0. The van der Waals surface area contributed by atoms with Crippen molar-refractivity contribution in [3.05, 3.63) is 59.4 Å². The van der Waals surface area contributed by atoms with Crippen LogP contribution in [0.4, 0.5) is 4.39 Å². The van der Waals surface area contributed by atoms with Crippen LogP contribution in [0.5, 0.6) is 11.5 Å². The van der Waals surface area contributed by atoms with Crippen LogP contribution in [0.2, 0.25) is 0 Å². The van der Waals surface area contributed by atoms with Crippen molar-refractivity contribution in [1.82, 2.24) is 0 Å². The molecule has 0 amide bonds. The second-order valence-electron chi connectivity index (χ2n) is 3.65. The van der Waals surface area contributed by atoms with E-state index in [-0.39, 0.29) is 11.3 Å². The van der Waals surface area contributed by atoms with E-state index in [9.17, 15) is 4.39 Å². The van der Waals surface area contributed by atoms with Gasteiger partial charge in [0.2, 0.25) is 0 Å². The summed E-state index contributed by atoms with van der Waals surface area (Å²) in [6, 6.07) is 13.8. The molecule has 0 aliphatic heterocycles. The van der Waals surface area contributed by atoms with Crippen molar-refractivity contribution in [2.24, 2.45) is 0 Å². The first-order valence-corrected chi connectivity index (χ1v) is 5.14. The normalized spacial score (nSPS) is 9.71. The van der Waals surface area contributed by atoms with Gasteiger partial charge in [0.05, 0.1) is 0 Å². The maximum atomic E-state index is 13.5. The molecule has 0 heterocycles. The largest absolute Gasteiger partial charge is 0.456 e. The van der Waals surface area contributed by atoms with Crippen LogP contribution < -0.4 is 4.74 Å². The van der Waals surface area contributed by atoms with Gasteiger partial charge in [-0.25, -0.2) is 4.39 Å². The lowest BCUT2D eigenvalue weighted by Gasteiger charge is -2.08. The molecule has 0 fully saturated rings. The van der Waals surface area contributed by atoms with E-state index in [1.165, 1.54) is 6.07 Å². The highest BCUT2D eigenvalue weighted by molar-refractivity contribution is 5.48. The van der Waals surface area contributed by atoms with Crippen molar-refractivity contribution < 1.29 is 9.13 Å². The van der Waals surface area contributed by atoms with E-state index >= 15 is 0 Å². The third-order valence-corrected chi connectivity index (χ3v) is 2.28. The van der Waals surface area contributed by atoms with Gasteiger partial charge >= 0.3 is 0 Å². The minimum atomic E-state index is -0.557. The fraction of sp³-hybridized carbons (Fsp3) is 0.0714. The van der Waals surface area contributed by atoms with E-state index < -0.39 is 5.82 Å². The third kappa shape index (κ3) is 2.43. The second-order valence-corrected chi connectivity index (χ2v) is 3.65. The van der Waals surface area contributed by atoms with Crippen molar-refractivity contribution in [2.45, 2.75) is 6.92 Å². The predicted octanol–water partition coefficient (Wildman–Crippen LogP) is 3.80. The van der Waals surface area contributed by atoms with Crippen LogP contribution in [0.3, 0.4) is 0 Å². The average molecular weight is 227 g/mol. The Balaban J connectivity index is 2.43. The molecule has 0 atom stereocenters. The zero-order valence-corrected chi connectivity index (χ0v) is 9.27. The average Bonchev–Trinajstić information content (AvgIpc) is 2.30. The Kier molecular flexibility index (Phi) is 3.06. The number of rotatable bonds is 2. The van der Waals surface area contributed by atoms with Crippen LogP contribution in [-0.4, -0.2) is 0 Å². The molecular formula is C14H10FNO. The molecule has 0 bridgehead atoms. The van der Waals surface area contributed by atoms with Crippen LogP contribution in [0.25, 0.3) is 0 Å². The first kappa shape index (κ1) is 11.2. The van der Waals surface area contributed by atoms with Crippen LogP contribution in [0, 0.1) is 24.1 Å².